The smallest absolute Gasteiger partial charge is 0.243 e. The number of methoxy groups -OCH3 is 1. The van der Waals surface area contributed by atoms with Crippen LogP contribution in [0.1, 0.15) is 18.4 Å². The molecule has 0 bridgehead atoms. The normalized spacial score (nSPS) is 21.5. The van der Waals surface area contributed by atoms with Gasteiger partial charge in [0, 0.05) is 26.1 Å². The maximum Gasteiger partial charge on any atom is 0.243 e. The minimum absolute atomic E-state index is 0.0216. The lowest BCUT2D eigenvalue weighted by Crippen LogP contribution is -2.43. The molecule has 0 saturated carbocycles. The molecule has 0 amide bonds. The van der Waals surface area contributed by atoms with Gasteiger partial charge in [-0.1, -0.05) is 18.2 Å². The van der Waals surface area contributed by atoms with E-state index in [4.69, 9.17) is 16.3 Å². The lowest BCUT2D eigenvalue weighted by Gasteiger charge is -2.31. The molecule has 0 radical (unpaired) electrons. The van der Waals surface area contributed by atoms with Gasteiger partial charge in [-0.25, -0.2) is 8.42 Å². The van der Waals surface area contributed by atoms with Gasteiger partial charge in [-0.05, 0) is 24.5 Å². The van der Waals surface area contributed by atoms with Gasteiger partial charge >= 0.3 is 0 Å². The Morgan fingerprint density at radius 1 is 1.42 bits per heavy atom. The standard InChI is InChI=1S/C13H18ClNO3S/c1-18-12-6-4-8-15(10-12)19(16,17)13-7-3-2-5-11(13)9-14/h2-3,5,7,12H,4,6,8-10H2,1H3. The summed E-state index contributed by atoms with van der Waals surface area (Å²) in [5.41, 5.74) is 0.642. The fraction of sp³-hybridized carbons (Fsp3) is 0.538. The molecular formula is C13H18ClNO3S. The van der Waals surface area contributed by atoms with E-state index in [1.165, 1.54) is 4.31 Å². The number of hydrogen-bond donors (Lipinski definition) is 0. The van der Waals surface area contributed by atoms with E-state index in [-0.39, 0.29) is 12.0 Å². The van der Waals surface area contributed by atoms with E-state index in [9.17, 15) is 8.42 Å². The highest BCUT2D eigenvalue weighted by Gasteiger charge is 2.31. The molecule has 1 heterocycles. The van der Waals surface area contributed by atoms with Crippen LogP contribution in [0.2, 0.25) is 0 Å². The molecule has 106 valence electrons. The number of hydrogen-bond acceptors (Lipinski definition) is 3. The molecule has 0 N–H and O–H groups in total. The molecule has 1 aliphatic rings. The Morgan fingerprint density at radius 2 is 2.16 bits per heavy atom. The van der Waals surface area contributed by atoms with Crippen molar-refractivity contribution in [2.24, 2.45) is 0 Å². The number of ether oxygens (including phenoxy) is 1. The Labute approximate surface area is 119 Å². The van der Waals surface area contributed by atoms with Crippen LogP contribution in [0, 0.1) is 0 Å². The van der Waals surface area contributed by atoms with Crippen LogP contribution >= 0.6 is 11.6 Å². The maximum atomic E-state index is 12.6. The van der Waals surface area contributed by atoms with E-state index in [0.717, 1.165) is 12.8 Å². The summed E-state index contributed by atoms with van der Waals surface area (Å²) in [6, 6.07) is 6.88. The molecule has 1 atom stereocenters. The second-order valence-corrected chi connectivity index (χ2v) is 6.78. The number of rotatable bonds is 4. The summed E-state index contributed by atoms with van der Waals surface area (Å²) in [4.78, 5) is 0.307. The van der Waals surface area contributed by atoms with Crippen LogP contribution in [0.3, 0.4) is 0 Å². The summed E-state index contributed by atoms with van der Waals surface area (Å²) in [5, 5.41) is 0. The summed E-state index contributed by atoms with van der Waals surface area (Å²) in [7, 11) is -1.86. The molecule has 0 aliphatic carbocycles. The summed E-state index contributed by atoms with van der Waals surface area (Å²) in [6.45, 7) is 0.953. The molecule has 1 aliphatic heterocycles. The number of benzene rings is 1. The van der Waals surface area contributed by atoms with Gasteiger partial charge in [0.1, 0.15) is 0 Å². The van der Waals surface area contributed by atoms with Gasteiger partial charge in [-0.2, -0.15) is 4.31 Å². The first kappa shape index (κ1) is 14.8. The predicted octanol–water partition coefficient (Wildman–Crippen LogP) is 2.22. The molecule has 2 rings (SSSR count). The first-order valence-electron chi connectivity index (χ1n) is 6.26. The largest absolute Gasteiger partial charge is 0.380 e. The molecule has 0 aromatic heterocycles. The van der Waals surface area contributed by atoms with Crippen molar-refractivity contribution >= 4 is 21.6 Å². The van der Waals surface area contributed by atoms with Crippen molar-refractivity contribution in [2.45, 2.75) is 29.7 Å². The first-order chi connectivity index (χ1) is 9.09. The first-order valence-corrected chi connectivity index (χ1v) is 8.24. The summed E-state index contributed by atoms with van der Waals surface area (Å²) in [6.07, 6.45) is 1.70. The zero-order valence-corrected chi connectivity index (χ0v) is 12.5. The summed E-state index contributed by atoms with van der Waals surface area (Å²) in [5.74, 6) is 0.191. The van der Waals surface area contributed by atoms with Gasteiger partial charge in [-0.15, -0.1) is 11.6 Å². The Balaban J connectivity index is 2.31. The van der Waals surface area contributed by atoms with Gasteiger partial charge < -0.3 is 4.74 Å². The van der Waals surface area contributed by atoms with Crippen molar-refractivity contribution in [3.8, 4) is 0 Å². The zero-order valence-electron chi connectivity index (χ0n) is 10.9. The van der Waals surface area contributed by atoms with Crippen molar-refractivity contribution in [1.82, 2.24) is 4.31 Å². The third-order valence-corrected chi connectivity index (χ3v) is 5.66. The molecule has 4 nitrogen and oxygen atoms in total. The van der Waals surface area contributed by atoms with E-state index >= 15 is 0 Å². The minimum Gasteiger partial charge on any atom is -0.380 e. The quantitative estimate of drug-likeness (QED) is 0.801. The molecule has 1 unspecified atom stereocenters. The topological polar surface area (TPSA) is 46.6 Å². The van der Waals surface area contributed by atoms with E-state index in [0.29, 0.717) is 23.5 Å². The van der Waals surface area contributed by atoms with E-state index in [1.54, 1.807) is 31.4 Å². The average molecular weight is 304 g/mol. The second-order valence-electron chi connectivity index (χ2n) is 4.60. The Hall–Kier alpha value is -0.620. The molecule has 1 aromatic rings. The van der Waals surface area contributed by atoms with Crippen LogP contribution in [0.25, 0.3) is 0 Å². The van der Waals surface area contributed by atoms with E-state index < -0.39 is 10.0 Å². The zero-order chi connectivity index (χ0) is 13.9. The SMILES string of the molecule is COC1CCCN(S(=O)(=O)c2ccccc2CCl)C1. The lowest BCUT2D eigenvalue weighted by atomic mass is 10.1. The third-order valence-electron chi connectivity index (χ3n) is 3.41. The summed E-state index contributed by atoms with van der Waals surface area (Å²) < 4.78 is 32.1. The molecule has 6 heteroatoms. The second kappa shape index (κ2) is 6.22. The monoisotopic (exact) mass is 303 g/mol. The number of nitrogens with zero attached hydrogens (tertiary/aromatic N) is 1. The predicted molar refractivity (Wildman–Crippen MR) is 74.8 cm³/mol. The van der Waals surface area contributed by atoms with Gasteiger partial charge in [0.05, 0.1) is 11.0 Å². The number of halogens is 1. The van der Waals surface area contributed by atoms with Crippen molar-refractivity contribution in [2.75, 3.05) is 20.2 Å². The molecular weight excluding hydrogens is 286 g/mol. The minimum atomic E-state index is -3.48. The molecule has 1 fully saturated rings. The van der Waals surface area contributed by atoms with E-state index in [2.05, 4.69) is 0 Å². The van der Waals surface area contributed by atoms with Gasteiger partial charge in [0.25, 0.3) is 0 Å². The van der Waals surface area contributed by atoms with Crippen molar-refractivity contribution in [1.29, 1.82) is 0 Å². The number of alkyl halides is 1. The molecule has 19 heavy (non-hydrogen) atoms. The Morgan fingerprint density at radius 3 is 2.84 bits per heavy atom. The van der Waals surface area contributed by atoms with Gasteiger partial charge in [-0.3, -0.25) is 0 Å². The number of piperidine rings is 1. The van der Waals surface area contributed by atoms with Crippen molar-refractivity contribution in [3.05, 3.63) is 29.8 Å². The highest BCUT2D eigenvalue weighted by atomic mass is 35.5. The number of sulfonamides is 1. The van der Waals surface area contributed by atoms with Crippen LogP contribution < -0.4 is 0 Å². The Bertz CT molecular complexity index is 532. The fourth-order valence-corrected chi connectivity index (χ4v) is 4.37. The Kier molecular flexibility index (Phi) is 4.84. The van der Waals surface area contributed by atoms with Crippen LogP contribution in [-0.2, 0) is 20.6 Å². The maximum absolute atomic E-state index is 12.6. The van der Waals surface area contributed by atoms with Gasteiger partial charge in [0.15, 0.2) is 0 Å². The van der Waals surface area contributed by atoms with Crippen LogP contribution in [0.15, 0.2) is 29.2 Å². The molecule has 1 saturated heterocycles. The highest BCUT2D eigenvalue weighted by molar-refractivity contribution is 7.89. The summed E-state index contributed by atoms with van der Waals surface area (Å²) >= 11 is 5.83. The van der Waals surface area contributed by atoms with E-state index in [1.807, 2.05) is 0 Å². The average Bonchev–Trinajstić information content (AvgIpc) is 2.47. The van der Waals surface area contributed by atoms with Crippen molar-refractivity contribution < 1.29 is 13.2 Å². The molecule has 1 aromatic carbocycles. The van der Waals surface area contributed by atoms with Gasteiger partial charge in [0.2, 0.25) is 10.0 Å². The third kappa shape index (κ3) is 3.11. The van der Waals surface area contributed by atoms with Crippen molar-refractivity contribution in [3.63, 3.8) is 0 Å². The van der Waals surface area contributed by atoms with Crippen LogP contribution in [0.5, 0.6) is 0 Å². The highest BCUT2D eigenvalue weighted by Crippen LogP contribution is 2.25. The van der Waals surface area contributed by atoms with Crippen LogP contribution in [0.4, 0.5) is 0 Å². The van der Waals surface area contributed by atoms with Crippen LogP contribution in [-0.4, -0.2) is 39.0 Å². The lowest BCUT2D eigenvalue weighted by molar-refractivity contribution is 0.0571. The molecule has 0 spiro atoms. The fourth-order valence-electron chi connectivity index (χ4n) is 2.32.